The zero-order valence-corrected chi connectivity index (χ0v) is 13.1. The number of H-pyrrole nitrogens is 1. The first-order valence-electron chi connectivity index (χ1n) is 7.42. The van der Waals surface area contributed by atoms with Crippen molar-refractivity contribution in [3.63, 3.8) is 0 Å². The van der Waals surface area contributed by atoms with Crippen molar-refractivity contribution in [3.8, 4) is 0 Å². The molecular weight excluding hydrogens is 276 g/mol. The number of fused-ring (bicyclic) bond motifs is 1. The van der Waals surface area contributed by atoms with Crippen LogP contribution in [0.3, 0.4) is 0 Å². The van der Waals surface area contributed by atoms with Crippen molar-refractivity contribution in [1.29, 1.82) is 0 Å². The number of aromatic amines is 1. The average Bonchev–Trinajstić information content (AvgIpc) is 3.04. The van der Waals surface area contributed by atoms with Crippen molar-refractivity contribution in [2.24, 2.45) is 0 Å². The zero-order valence-electron chi connectivity index (χ0n) is 13.1. The number of hydrogen-bond acceptors (Lipinski definition) is 2. The minimum atomic E-state index is -0.0643. The number of benzene rings is 1. The first-order valence-corrected chi connectivity index (χ1v) is 7.42. The molecule has 114 valence electrons. The van der Waals surface area contributed by atoms with Gasteiger partial charge in [0.05, 0.1) is 12.2 Å². The fraction of sp³-hybridized carbons (Fsp3) is 0.294. The molecule has 1 amide bonds. The second-order valence-electron chi connectivity index (χ2n) is 5.76. The van der Waals surface area contributed by atoms with Gasteiger partial charge in [0.15, 0.2) is 0 Å². The Bertz CT molecular complexity index is 815. The highest BCUT2D eigenvalue weighted by Crippen LogP contribution is 2.14. The van der Waals surface area contributed by atoms with Gasteiger partial charge in [-0.1, -0.05) is 6.07 Å². The Kier molecular flexibility index (Phi) is 3.71. The second-order valence-corrected chi connectivity index (χ2v) is 5.76. The lowest BCUT2D eigenvalue weighted by Gasteiger charge is -2.15. The van der Waals surface area contributed by atoms with E-state index in [2.05, 4.69) is 15.4 Å². The maximum atomic E-state index is 12.3. The molecule has 5 nitrogen and oxygen atoms in total. The number of aryl methyl sites for hydroxylation is 2. The van der Waals surface area contributed by atoms with E-state index in [1.165, 1.54) is 0 Å². The molecule has 2 aromatic heterocycles. The summed E-state index contributed by atoms with van der Waals surface area (Å²) in [5, 5.41) is 8.55. The molecule has 0 radical (unpaired) electrons. The number of rotatable bonds is 4. The van der Waals surface area contributed by atoms with Gasteiger partial charge >= 0.3 is 0 Å². The molecule has 0 unspecified atom stereocenters. The molecule has 3 rings (SSSR count). The molecule has 1 aromatic carbocycles. The van der Waals surface area contributed by atoms with Crippen molar-refractivity contribution in [3.05, 3.63) is 53.5 Å². The third-order valence-electron chi connectivity index (χ3n) is 3.74. The lowest BCUT2D eigenvalue weighted by atomic mass is 10.1. The Labute approximate surface area is 129 Å². The molecule has 5 heteroatoms. The minimum absolute atomic E-state index is 0.00448. The van der Waals surface area contributed by atoms with Crippen LogP contribution in [-0.2, 0) is 6.54 Å². The highest BCUT2D eigenvalue weighted by atomic mass is 16.1. The summed E-state index contributed by atoms with van der Waals surface area (Å²) in [6, 6.07) is 9.70. The number of nitrogens with zero attached hydrogens (tertiary/aromatic N) is 2. The first kappa shape index (κ1) is 14.4. The van der Waals surface area contributed by atoms with E-state index >= 15 is 0 Å². The maximum Gasteiger partial charge on any atom is 0.251 e. The predicted octanol–water partition coefficient (Wildman–Crippen LogP) is 2.80. The summed E-state index contributed by atoms with van der Waals surface area (Å²) in [7, 11) is 0. The van der Waals surface area contributed by atoms with Crippen molar-refractivity contribution < 1.29 is 4.79 Å². The van der Waals surface area contributed by atoms with Crippen LogP contribution < -0.4 is 5.32 Å². The van der Waals surface area contributed by atoms with E-state index in [4.69, 9.17) is 0 Å². The Morgan fingerprint density at radius 1 is 1.32 bits per heavy atom. The number of amides is 1. The fourth-order valence-corrected chi connectivity index (χ4v) is 2.66. The summed E-state index contributed by atoms with van der Waals surface area (Å²) < 4.78 is 1.93. The van der Waals surface area contributed by atoms with E-state index < -0.39 is 0 Å². The number of nitrogens with one attached hydrogen (secondary N) is 2. The Morgan fingerprint density at radius 3 is 2.86 bits per heavy atom. The highest BCUT2D eigenvalue weighted by Gasteiger charge is 2.12. The van der Waals surface area contributed by atoms with Gasteiger partial charge in [-0.15, -0.1) is 0 Å². The number of carbonyl (C=O) groups is 1. The second kappa shape index (κ2) is 5.67. The normalized spacial score (nSPS) is 12.5. The molecule has 0 spiro atoms. The van der Waals surface area contributed by atoms with Crippen LogP contribution in [0, 0.1) is 13.8 Å². The summed E-state index contributed by atoms with van der Waals surface area (Å²) >= 11 is 0. The minimum Gasteiger partial charge on any atom is -0.361 e. The summed E-state index contributed by atoms with van der Waals surface area (Å²) in [5.74, 6) is -0.0643. The van der Waals surface area contributed by atoms with Gasteiger partial charge in [-0.25, -0.2) is 0 Å². The van der Waals surface area contributed by atoms with E-state index in [0.29, 0.717) is 12.1 Å². The van der Waals surface area contributed by atoms with E-state index in [1.807, 2.05) is 62.0 Å². The molecule has 3 aromatic rings. The van der Waals surface area contributed by atoms with E-state index in [1.54, 1.807) is 0 Å². The largest absolute Gasteiger partial charge is 0.361 e. The first-order chi connectivity index (χ1) is 10.5. The van der Waals surface area contributed by atoms with Crippen LogP contribution >= 0.6 is 0 Å². The molecule has 0 bridgehead atoms. The van der Waals surface area contributed by atoms with Gasteiger partial charge in [0.25, 0.3) is 5.91 Å². The van der Waals surface area contributed by atoms with Crippen LogP contribution in [0.5, 0.6) is 0 Å². The summed E-state index contributed by atoms with van der Waals surface area (Å²) in [5.41, 5.74) is 3.73. The lowest BCUT2D eigenvalue weighted by molar-refractivity contribution is 0.0936. The van der Waals surface area contributed by atoms with Crippen molar-refractivity contribution in [2.75, 3.05) is 0 Å². The van der Waals surface area contributed by atoms with Crippen LogP contribution in [0.4, 0.5) is 0 Å². The quantitative estimate of drug-likeness (QED) is 0.777. The standard InChI is InChI=1S/C17H20N4O/c1-11-8-13(3)21(20-11)10-12(2)19-17(22)15-5-4-14-6-7-18-16(14)9-15/h4-9,12,18H,10H2,1-3H3,(H,19,22)/t12-/m1/s1. The molecule has 0 aliphatic carbocycles. The van der Waals surface area contributed by atoms with Crippen LogP contribution in [0.25, 0.3) is 10.9 Å². The number of aromatic nitrogens is 3. The van der Waals surface area contributed by atoms with Gasteiger partial charge in [0.1, 0.15) is 0 Å². The third-order valence-corrected chi connectivity index (χ3v) is 3.74. The molecule has 0 aliphatic heterocycles. The Hall–Kier alpha value is -2.56. The number of hydrogen-bond donors (Lipinski definition) is 2. The highest BCUT2D eigenvalue weighted by molar-refractivity contribution is 5.98. The molecule has 2 N–H and O–H groups in total. The lowest BCUT2D eigenvalue weighted by Crippen LogP contribution is -2.36. The molecule has 1 atom stereocenters. The maximum absolute atomic E-state index is 12.3. The average molecular weight is 296 g/mol. The molecule has 0 saturated heterocycles. The Morgan fingerprint density at radius 2 is 2.14 bits per heavy atom. The van der Waals surface area contributed by atoms with Crippen LogP contribution in [0.1, 0.15) is 28.7 Å². The summed E-state index contributed by atoms with van der Waals surface area (Å²) in [6.45, 7) is 6.64. The SMILES string of the molecule is Cc1cc(C)n(C[C@@H](C)NC(=O)c2ccc3cc[nH]c3c2)n1. The van der Waals surface area contributed by atoms with Gasteiger partial charge < -0.3 is 10.3 Å². The van der Waals surface area contributed by atoms with Crippen LogP contribution in [0.2, 0.25) is 0 Å². The van der Waals surface area contributed by atoms with Gasteiger partial charge in [0, 0.05) is 29.0 Å². The zero-order chi connectivity index (χ0) is 15.7. The van der Waals surface area contributed by atoms with E-state index in [-0.39, 0.29) is 11.9 Å². The van der Waals surface area contributed by atoms with E-state index in [9.17, 15) is 4.79 Å². The predicted molar refractivity (Wildman–Crippen MR) is 86.9 cm³/mol. The fourth-order valence-electron chi connectivity index (χ4n) is 2.66. The summed E-state index contributed by atoms with van der Waals surface area (Å²) in [6.07, 6.45) is 1.87. The van der Waals surface area contributed by atoms with Crippen LogP contribution in [0.15, 0.2) is 36.5 Å². The van der Waals surface area contributed by atoms with Gasteiger partial charge in [0.2, 0.25) is 0 Å². The molecular formula is C17H20N4O. The summed E-state index contributed by atoms with van der Waals surface area (Å²) in [4.78, 5) is 15.5. The molecule has 22 heavy (non-hydrogen) atoms. The van der Waals surface area contributed by atoms with Crippen molar-refractivity contribution >= 4 is 16.8 Å². The monoisotopic (exact) mass is 296 g/mol. The van der Waals surface area contributed by atoms with Crippen molar-refractivity contribution in [1.82, 2.24) is 20.1 Å². The smallest absolute Gasteiger partial charge is 0.251 e. The molecule has 0 aliphatic rings. The molecule has 0 fully saturated rings. The van der Waals surface area contributed by atoms with Gasteiger partial charge in [-0.05, 0) is 50.4 Å². The van der Waals surface area contributed by atoms with E-state index in [0.717, 1.165) is 22.3 Å². The van der Waals surface area contributed by atoms with Gasteiger partial charge in [-0.3, -0.25) is 9.48 Å². The van der Waals surface area contributed by atoms with Gasteiger partial charge in [-0.2, -0.15) is 5.10 Å². The molecule has 2 heterocycles. The van der Waals surface area contributed by atoms with Crippen molar-refractivity contribution in [2.45, 2.75) is 33.4 Å². The number of carbonyl (C=O) groups excluding carboxylic acids is 1. The third kappa shape index (κ3) is 2.88. The molecule has 0 saturated carbocycles. The Balaban J connectivity index is 1.68. The topological polar surface area (TPSA) is 62.7 Å². The van der Waals surface area contributed by atoms with Crippen LogP contribution in [-0.4, -0.2) is 26.7 Å².